The molecule has 4 nitrogen and oxygen atoms in total. The minimum absolute atomic E-state index is 0.645. The Balaban J connectivity index is 3.22. The molecular formula is C11H14BrNO3. The lowest BCUT2D eigenvalue weighted by molar-refractivity contribution is -0.142. The largest absolute Gasteiger partial charge is 0.497 e. The second-order valence-electron chi connectivity index (χ2n) is 3.59. The standard InChI is InChI=1S/C11H14BrNO3/c1-13(2)10(11(14)15)8-6-7(16-3)4-5-9(8)12/h4-6,10H,1-3H3,(H,14,15). The molecule has 0 amide bonds. The predicted molar refractivity (Wildman–Crippen MR) is 64.8 cm³/mol. The van der Waals surface area contributed by atoms with Gasteiger partial charge in [0.1, 0.15) is 11.8 Å². The van der Waals surface area contributed by atoms with Crippen molar-refractivity contribution in [3.05, 3.63) is 28.2 Å². The summed E-state index contributed by atoms with van der Waals surface area (Å²) >= 11 is 3.35. The molecule has 0 fully saturated rings. The summed E-state index contributed by atoms with van der Waals surface area (Å²) in [6, 6.07) is 4.60. The molecule has 0 saturated heterocycles. The van der Waals surface area contributed by atoms with E-state index in [9.17, 15) is 9.90 Å². The zero-order valence-corrected chi connectivity index (χ0v) is 11.0. The molecule has 16 heavy (non-hydrogen) atoms. The van der Waals surface area contributed by atoms with Gasteiger partial charge in [-0.15, -0.1) is 0 Å². The highest BCUT2D eigenvalue weighted by atomic mass is 79.9. The van der Waals surface area contributed by atoms with Crippen LogP contribution in [0.25, 0.3) is 0 Å². The molecule has 1 atom stereocenters. The van der Waals surface area contributed by atoms with Crippen molar-refractivity contribution in [2.24, 2.45) is 0 Å². The third kappa shape index (κ3) is 2.74. The van der Waals surface area contributed by atoms with E-state index in [1.165, 1.54) is 0 Å². The van der Waals surface area contributed by atoms with E-state index in [0.717, 1.165) is 4.47 Å². The molecule has 0 aliphatic rings. The van der Waals surface area contributed by atoms with Gasteiger partial charge in [-0.2, -0.15) is 0 Å². The number of aliphatic carboxylic acids is 1. The second-order valence-corrected chi connectivity index (χ2v) is 4.45. The van der Waals surface area contributed by atoms with Crippen LogP contribution >= 0.6 is 15.9 Å². The van der Waals surface area contributed by atoms with Crippen LogP contribution in [0.3, 0.4) is 0 Å². The summed E-state index contributed by atoms with van der Waals surface area (Å²) in [5, 5.41) is 9.18. The summed E-state index contributed by atoms with van der Waals surface area (Å²) in [7, 11) is 5.01. The highest BCUT2D eigenvalue weighted by Gasteiger charge is 2.24. The Labute approximate surface area is 103 Å². The van der Waals surface area contributed by atoms with E-state index in [0.29, 0.717) is 11.3 Å². The fraction of sp³-hybridized carbons (Fsp3) is 0.364. The molecule has 0 saturated carbocycles. The molecule has 1 unspecified atom stereocenters. The zero-order chi connectivity index (χ0) is 12.3. The Hall–Kier alpha value is -1.07. The van der Waals surface area contributed by atoms with Crippen molar-refractivity contribution in [3.8, 4) is 5.75 Å². The fourth-order valence-electron chi connectivity index (χ4n) is 1.49. The number of halogens is 1. The van der Waals surface area contributed by atoms with Crippen molar-refractivity contribution in [1.29, 1.82) is 0 Å². The van der Waals surface area contributed by atoms with Crippen LogP contribution in [0.5, 0.6) is 5.75 Å². The van der Waals surface area contributed by atoms with Crippen LogP contribution < -0.4 is 4.74 Å². The molecule has 0 aliphatic heterocycles. The molecule has 1 aromatic carbocycles. The number of methoxy groups -OCH3 is 1. The number of likely N-dealkylation sites (N-methyl/N-ethyl adjacent to an activating group) is 1. The number of benzene rings is 1. The number of hydrogen-bond donors (Lipinski definition) is 1. The maximum atomic E-state index is 11.2. The number of nitrogens with zero attached hydrogens (tertiary/aromatic N) is 1. The van der Waals surface area contributed by atoms with Crippen molar-refractivity contribution < 1.29 is 14.6 Å². The van der Waals surface area contributed by atoms with E-state index in [4.69, 9.17) is 4.74 Å². The van der Waals surface area contributed by atoms with E-state index >= 15 is 0 Å². The summed E-state index contributed by atoms with van der Waals surface area (Å²) in [6.07, 6.45) is 0. The molecule has 0 spiro atoms. The van der Waals surface area contributed by atoms with Gasteiger partial charge in [0.2, 0.25) is 0 Å². The van der Waals surface area contributed by atoms with Crippen molar-refractivity contribution >= 4 is 21.9 Å². The molecule has 0 heterocycles. The molecule has 1 rings (SSSR count). The van der Waals surface area contributed by atoms with Gasteiger partial charge in [-0.3, -0.25) is 9.69 Å². The molecule has 1 N–H and O–H groups in total. The number of rotatable bonds is 4. The summed E-state index contributed by atoms with van der Waals surface area (Å²) < 4.78 is 5.85. The van der Waals surface area contributed by atoms with E-state index in [2.05, 4.69) is 15.9 Å². The average molecular weight is 288 g/mol. The Bertz CT molecular complexity index is 393. The first-order valence-corrected chi connectivity index (χ1v) is 5.49. The lowest BCUT2D eigenvalue weighted by Crippen LogP contribution is -2.27. The number of ether oxygens (including phenoxy) is 1. The normalized spacial score (nSPS) is 12.6. The van der Waals surface area contributed by atoms with Crippen LogP contribution in [0.4, 0.5) is 0 Å². The van der Waals surface area contributed by atoms with Gasteiger partial charge in [-0.05, 0) is 37.9 Å². The maximum Gasteiger partial charge on any atom is 0.325 e. The Morgan fingerprint density at radius 1 is 1.50 bits per heavy atom. The van der Waals surface area contributed by atoms with Crippen molar-refractivity contribution in [2.45, 2.75) is 6.04 Å². The first-order chi connectivity index (χ1) is 7.47. The van der Waals surface area contributed by atoms with Gasteiger partial charge in [-0.25, -0.2) is 0 Å². The second kappa shape index (κ2) is 5.32. The number of carbonyl (C=O) groups is 1. The lowest BCUT2D eigenvalue weighted by atomic mass is 10.1. The van der Waals surface area contributed by atoms with Crippen molar-refractivity contribution in [2.75, 3.05) is 21.2 Å². The van der Waals surface area contributed by atoms with Crippen LogP contribution in [-0.2, 0) is 4.79 Å². The quantitative estimate of drug-likeness (QED) is 0.922. The van der Waals surface area contributed by atoms with Gasteiger partial charge in [-0.1, -0.05) is 15.9 Å². The number of carboxylic acids is 1. The summed E-state index contributed by atoms with van der Waals surface area (Å²) in [5.41, 5.74) is 0.678. The van der Waals surface area contributed by atoms with Gasteiger partial charge < -0.3 is 9.84 Å². The first kappa shape index (κ1) is 13.0. The van der Waals surface area contributed by atoms with Crippen molar-refractivity contribution in [3.63, 3.8) is 0 Å². The summed E-state index contributed by atoms with van der Waals surface area (Å²) in [5.74, 6) is -0.245. The minimum Gasteiger partial charge on any atom is -0.497 e. The average Bonchev–Trinajstić information content (AvgIpc) is 2.20. The predicted octanol–water partition coefficient (Wildman–Crippen LogP) is 2.15. The maximum absolute atomic E-state index is 11.2. The number of hydrogen-bond acceptors (Lipinski definition) is 3. The van der Waals surface area contributed by atoms with E-state index in [-0.39, 0.29) is 0 Å². The molecular weight excluding hydrogens is 274 g/mol. The molecule has 0 aliphatic carbocycles. The topological polar surface area (TPSA) is 49.8 Å². The molecule has 88 valence electrons. The van der Waals surface area contributed by atoms with E-state index < -0.39 is 12.0 Å². The van der Waals surface area contributed by atoms with Gasteiger partial charge in [0, 0.05) is 4.47 Å². The summed E-state index contributed by atoms with van der Waals surface area (Å²) in [4.78, 5) is 12.8. The zero-order valence-electron chi connectivity index (χ0n) is 9.40. The van der Waals surface area contributed by atoms with Crippen LogP contribution in [0.2, 0.25) is 0 Å². The van der Waals surface area contributed by atoms with Crippen molar-refractivity contribution in [1.82, 2.24) is 4.90 Å². The van der Waals surface area contributed by atoms with Gasteiger partial charge in [0.25, 0.3) is 0 Å². The minimum atomic E-state index is -0.890. The van der Waals surface area contributed by atoms with Crippen LogP contribution in [0, 0.1) is 0 Å². The van der Waals surface area contributed by atoms with Gasteiger partial charge in [0.15, 0.2) is 0 Å². The highest BCUT2D eigenvalue weighted by Crippen LogP contribution is 2.30. The van der Waals surface area contributed by atoms with Crippen LogP contribution in [0.15, 0.2) is 22.7 Å². The highest BCUT2D eigenvalue weighted by molar-refractivity contribution is 9.10. The fourth-order valence-corrected chi connectivity index (χ4v) is 1.95. The smallest absolute Gasteiger partial charge is 0.325 e. The molecule has 0 bridgehead atoms. The molecule has 0 aromatic heterocycles. The molecule has 1 aromatic rings. The van der Waals surface area contributed by atoms with E-state index in [1.807, 2.05) is 0 Å². The number of carboxylic acid groups (broad SMARTS) is 1. The van der Waals surface area contributed by atoms with E-state index in [1.54, 1.807) is 44.3 Å². The van der Waals surface area contributed by atoms with Crippen LogP contribution in [-0.4, -0.2) is 37.2 Å². The Morgan fingerprint density at radius 3 is 2.56 bits per heavy atom. The van der Waals surface area contributed by atoms with Crippen LogP contribution in [0.1, 0.15) is 11.6 Å². The molecule has 5 heteroatoms. The third-order valence-corrected chi connectivity index (χ3v) is 2.97. The first-order valence-electron chi connectivity index (χ1n) is 4.70. The Kier molecular flexibility index (Phi) is 4.32. The SMILES string of the molecule is COc1ccc(Br)c(C(C(=O)O)N(C)C)c1. The summed E-state index contributed by atoms with van der Waals surface area (Å²) in [6.45, 7) is 0. The lowest BCUT2D eigenvalue weighted by Gasteiger charge is -2.21. The molecule has 0 radical (unpaired) electrons. The Morgan fingerprint density at radius 2 is 2.12 bits per heavy atom. The monoisotopic (exact) mass is 287 g/mol. The van der Waals surface area contributed by atoms with Gasteiger partial charge in [0.05, 0.1) is 7.11 Å². The van der Waals surface area contributed by atoms with Gasteiger partial charge >= 0.3 is 5.97 Å². The third-order valence-electron chi connectivity index (χ3n) is 2.25.